The van der Waals surface area contributed by atoms with Crippen molar-refractivity contribution in [3.63, 3.8) is 0 Å². The molecule has 0 unspecified atom stereocenters. The van der Waals surface area contributed by atoms with Crippen LogP contribution in [0, 0.1) is 0 Å². The first-order valence-corrected chi connectivity index (χ1v) is 9.71. The lowest BCUT2D eigenvalue weighted by atomic mass is 10.0. The molecule has 4 rings (SSSR count). The predicted molar refractivity (Wildman–Crippen MR) is 108 cm³/mol. The molecule has 0 N–H and O–H groups in total. The van der Waals surface area contributed by atoms with Gasteiger partial charge in [-0.25, -0.2) is 0 Å². The molecular formula is C22H18BrClO2. The highest BCUT2D eigenvalue weighted by Gasteiger charge is 2.23. The van der Waals surface area contributed by atoms with Crippen LogP contribution >= 0.6 is 27.5 Å². The third-order valence-corrected chi connectivity index (χ3v) is 5.43. The molecule has 0 spiro atoms. The molecule has 0 amide bonds. The van der Waals surface area contributed by atoms with Crippen LogP contribution in [0.25, 0.3) is 0 Å². The van der Waals surface area contributed by atoms with Crippen LogP contribution in [-0.4, -0.2) is 6.61 Å². The van der Waals surface area contributed by atoms with E-state index in [9.17, 15) is 0 Å². The summed E-state index contributed by atoms with van der Waals surface area (Å²) in [6, 6.07) is 22.4. The second-order valence-corrected chi connectivity index (χ2v) is 7.69. The average Bonchev–Trinajstić information content (AvgIpc) is 3.07. The van der Waals surface area contributed by atoms with E-state index in [0.29, 0.717) is 13.2 Å². The molecule has 132 valence electrons. The highest BCUT2D eigenvalue weighted by molar-refractivity contribution is 9.10. The topological polar surface area (TPSA) is 18.5 Å². The van der Waals surface area contributed by atoms with E-state index in [1.165, 1.54) is 16.7 Å². The van der Waals surface area contributed by atoms with Gasteiger partial charge in [0.2, 0.25) is 0 Å². The van der Waals surface area contributed by atoms with E-state index in [1.54, 1.807) is 0 Å². The van der Waals surface area contributed by atoms with Gasteiger partial charge in [-0.1, -0.05) is 63.9 Å². The lowest BCUT2D eigenvalue weighted by Crippen LogP contribution is -2.09. The number of benzene rings is 3. The first kappa shape index (κ1) is 17.6. The van der Waals surface area contributed by atoms with Crippen LogP contribution in [0.2, 0.25) is 5.02 Å². The van der Waals surface area contributed by atoms with Gasteiger partial charge in [-0.2, -0.15) is 0 Å². The lowest BCUT2D eigenvalue weighted by Gasteiger charge is -2.13. The Morgan fingerprint density at radius 3 is 2.69 bits per heavy atom. The first-order valence-electron chi connectivity index (χ1n) is 8.54. The van der Waals surface area contributed by atoms with Gasteiger partial charge < -0.3 is 9.47 Å². The van der Waals surface area contributed by atoms with Crippen molar-refractivity contribution < 1.29 is 9.47 Å². The smallest absolute Gasteiger partial charge is 0.119 e. The zero-order valence-corrected chi connectivity index (χ0v) is 16.5. The summed E-state index contributed by atoms with van der Waals surface area (Å²) in [5.74, 6) is 0.849. The third-order valence-electron chi connectivity index (χ3n) is 4.57. The maximum atomic E-state index is 6.28. The van der Waals surface area contributed by atoms with E-state index in [-0.39, 0.29) is 6.10 Å². The minimum atomic E-state index is 0.00588. The summed E-state index contributed by atoms with van der Waals surface area (Å²) < 4.78 is 12.8. The van der Waals surface area contributed by atoms with Crippen LogP contribution in [-0.2, 0) is 17.8 Å². The maximum absolute atomic E-state index is 6.28. The van der Waals surface area contributed by atoms with E-state index in [4.69, 9.17) is 21.1 Å². The number of ether oxygens (including phenoxy) is 2. The van der Waals surface area contributed by atoms with E-state index >= 15 is 0 Å². The standard InChI is InChI=1S/C22H18BrClO2/c23-18-7-10-21(24)17(12-18)11-15-5-8-19(9-6-15)25-14-22-20-4-2-1-3-16(20)13-26-22/h1-10,12,22H,11,13-14H2/t22-/m1/s1. The zero-order chi connectivity index (χ0) is 17.9. The minimum Gasteiger partial charge on any atom is -0.491 e. The molecule has 3 aromatic rings. The van der Waals surface area contributed by atoms with E-state index in [1.807, 2.05) is 36.4 Å². The van der Waals surface area contributed by atoms with Crippen LogP contribution in [0.5, 0.6) is 5.75 Å². The number of hydrogen-bond acceptors (Lipinski definition) is 2. The Kier molecular flexibility index (Phi) is 5.30. The van der Waals surface area contributed by atoms with Crippen molar-refractivity contribution >= 4 is 27.5 Å². The number of halogens is 2. The molecule has 1 aliphatic rings. The fourth-order valence-electron chi connectivity index (χ4n) is 3.17. The number of hydrogen-bond donors (Lipinski definition) is 0. The second-order valence-electron chi connectivity index (χ2n) is 6.37. The van der Waals surface area contributed by atoms with Crippen molar-refractivity contribution in [2.75, 3.05) is 6.61 Å². The van der Waals surface area contributed by atoms with Crippen molar-refractivity contribution in [2.45, 2.75) is 19.1 Å². The quantitative estimate of drug-likeness (QED) is 0.471. The summed E-state index contributed by atoms with van der Waals surface area (Å²) >= 11 is 9.78. The molecule has 0 saturated heterocycles. The Hall–Kier alpha value is -1.81. The summed E-state index contributed by atoms with van der Waals surface area (Å²) in [7, 11) is 0. The Bertz CT molecular complexity index is 908. The minimum absolute atomic E-state index is 0.00588. The monoisotopic (exact) mass is 428 g/mol. The Morgan fingerprint density at radius 1 is 1.04 bits per heavy atom. The molecule has 3 aromatic carbocycles. The largest absolute Gasteiger partial charge is 0.491 e. The highest BCUT2D eigenvalue weighted by Crippen LogP contribution is 2.31. The van der Waals surface area contributed by atoms with Gasteiger partial charge >= 0.3 is 0 Å². The van der Waals surface area contributed by atoms with E-state index < -0.39 is 0 Å². The normalized spacial score (nSPS) is 15.7. The fourth-order valence-corrected chi connectivity index (χ4v) is 3.76. The van der Waals surface area contributed by atoms with Crippen molar-refractivity contribution in [3.8, 4) is 5.75 Å². The Labute approximate surface area is 166 Å². The summed E-state index contributed by atoms with van der Waals surface area (Å²) in [4.78, 5) is 0. The molecule has 0 fully saturated rings. The van der Waals surface area contributed by atoms with E-state index in [2.05, 4.69) is 46.3 Å². The molecular weight excluding hydrogens is 412 g/mol. The van der Waals surface area contributed by atoms with Gasteiger partial charge in [0.15, 0.2) is 0 Å². The summed E-state index contributed by atoms with van der Waals surface area (Å²) in [5.41, 5.74) is 4.78. The van der Waals surface area contributed by atoms with Crippen LogP contribution < -0.4 is 4.74 Å². The number of fused-ring (bicyclic) bond motifs is 1. The molecule has 2 nitrogen and oxygen atoms in total. The Morgan fingerprint density at radius 2 is 1.85 bits per heavy atom. The van der Waals surface area contributed by atoms with Gasteiger partial charge in [-0.3, -0.25) is 0 Å². The molecule has 0 bridgehead atoms. The van der Waals surface area contributed by atoms with Gasteiger partial charge in [0, 0.05) is 9.50 Å². The molecule has 0 aliphatic carbocycles. The molecule has 0 saturated carbocycles. The predicted octanol–water partition coefficient (Wildman–Crippen LogP) is 6.34. The molecule has 0 aromatic heterocycles. The summed E-state index contributed by atoms with van der Waals surface area (Å²) in [6.45, 7) is 1.18. The van der Waals surface area contributed by atoms with Gasteiger partial charge in [-0.15, -0.1) is 0 Å². The molecule has 0 radical (unpaired) electrons. The molecule has 1 atom stereocenters. The fraction of sp³-hybridized carbons (Fsp3) is 0.182. The van der Waals surface area contributed by atoms with Gasteiger partial charge in [0.05, 0.1) is 6.61 Å². The summed E-state index contributed by atoms with van der Waals surface area (Å²) in [6.07, 6.45) is 0.795. The zero-order valence-electron chi connectivity index (χ0n) is 14.1. The molecule has 26 heavy (non-hydrogen) atoms. The molecule has 4 heteroatoms. The average molecular weight is 430 g/mol. The van der Waals surface area contributed by atoms with Crippen molar-refractivity contribution in [1.29, 1.82) is 0 Å². The van der Waals surface area contributed by atoms with Gasteiger partial charge in [-0.05, 0) is 59.0 Å². The Balaban J connectivity index is 1.38. The molecule has 1 heterocycles. The van der Waals surface area contributed by atoms with Crippen LogP contribution in [0.1, 0.15) is 28.4 Å². The van der Waals surface area contributed by atoms with Gasteiger partial charge in [0.25, 0.3) is 0 Å². The highest BCUT2D eigenvalue weighted by atomic mass is 79.9. The SMILES string of the molecule is Clc1ccc(Br)cc1Cc1ccc(OC[C@H]2OCc3ccccc32)cc1. The third kappa shape index (κ3) is 3.96. The lowest BCUT2D eigenvalue weighted by molar-refractivity contribution is 0.0309. The van der Waals surface area contributed by atoms with Crippen LogP contribution in [0.3, 0.4) is 0 Å². The van der Waals surface area contributed by atoms with Crippen molar-refractivity contribution in [1.82, 2.24) is 0 Å². The maximum Gasteiger partial charge on any atom is 0.119 e. The molecule has 1 aliphatic heterocycles. The number of rotatable bonds is 5. The van der Waals surface area contributed by atoms with Crippen LogP contribution in [0.4, 0.5) is 0 Å². The van der Waals surface area contributed by atoms with Crippen LogP contribution in [0.15, 0.2) is 71.2 Å². The van der Waals surface area contributed by atoms with E-state index in [0.717, 1.165) is 27.2 Å². The van der Waals surface area contributed by atoms with Crippen molar-refractivity contribution in [2.24, 2.45) is 0 Å². The summed E-state index contributed by atoms with van der Waals surface area (Å²) in [5, 5.41) is 0.783. The second kappa shape index (κ2) is 7.83. The van der Waals surface area contributed by atoms with Gasteiger partial charge in [0.1, 0.15) is 18.5 Å². The first-order chi connectivity index (χ1) is 12.7. The van der Waals surface area contributed by atoms with Crippen molar-refractivity contribution in [3.05, 3.63) is 98.5 Å².